The number of unbranched alkanes of at least 4 members (excludes halogenated alkanes) is 17. The number of ether oxygens (including phenoxy) is 3. The summed E-state index contributed by atoms with van der Waals surface area (Å²) in [5.41, 5.74) is 0. The van der Waals surface area contributed by atoms with E-state index < -0.39 is 18.1 Å². The Bertz CT molecular complexity index is 1230. The molecule has 350 valence electrons. The molecule has 2 unspecified atom stereocenters. The number of rotatable bonds is 43. The molecule has 0 rings (SSSR count). The summed E-state index contributed by atoms with van der Waals surface area (Å²) in [6.07, 6.45) is 55.1. The summed E-state index contributed by atoms with van der Waals surface area (Å²) in [4.78, 5) is 36.9. The molecule has 0 aliphatic heterocycles. The van der Waals surface area contributed by atoms with Crippen molar-refractivity contribution < 1.29 is 38.2 Å². The van der Waals surface area contributed by atoms with E-state index in [2.05, 4.69) is 86.8 Å². The molecule has 0 saturated heterocycles. The van der Waals surface area contributed by atoms with Gasteiger partial charge in [-0.25, -0.2) is 0 Å². The summed E-state index contributed by atoms with van der Waals surface area (Å²) in [6.45, 7) is 4.49. The number of carbonyl (C=O) groups excluding carboxylic acids is 3. The average molecular weight is 854 g/mol. The molecule has 8 heteroatoms. The first-order valence-corrected chi connectivity index (χ1v) is 24.5. The summed E-state index contributed by atoms with van der Waals surface area (Å²) in [7, 11) is 5.39. The predicted molar refractivity (Wildman–Crippen MR) is 254 cm³/mol. The molecule has 0 N–H and O–H groups in total. The fraction of sp³-hybridized carbons (Fsp3) is 0.717. The third kappa shape index (κ3) is 41.9. The third-order valence-electron chi connectivity index (χ3n) is 10.6. The Morgan fingerprint density at radius 1 is 0.508 bits per heavy atom. The van der Waals surface area contributed by atoms with E-state index in [0.717, 1.165) is 57.8 Å². The van der Waals surface area contributed by atoms with Crippen LogP contribution < -0.4 is 5.11 Å². The first kappa shape index (κ1) is 57.8. The van der Waals surface area contributed by atoms with E-state index >= 15 is 0 Å². The number of esters is 2. The fourth-order valence-corrected chi connectivity index (χ4v) is 6.81. The molecule has 0 aromatic heterocycles. The molecule has 0 spiro atoms. The lowest BCUT2D eigenvalue weighted by atomic mass is 10.1. The summed E-state index contributed by atoms with van der Waals surface area (Å²) < 4.78 is 17.1. The molecule has 0 bridgehead atoms. The monoisotopic (exact) mass is 854 g/mol. The van der Waals surface area contributed by atoms with E-state index in [0.29, 0.717) is 12.8 Å². The first-order valence-electron chi connectivity index (χ1n) is 24.5. The normalized spacial score (nSPS) is 13.5. The first-order chi connectivity index (χ1) is 29.6. The highest BCUT2D eigenvalue weighted by atomic mass is 16.6. The van der Waals surface area contributed by atoms with Crippen molar-refractivity contribution in [3.05, 3.63) is 72.9 Å². The van der Waals surface area contributed by atoms with Crippen LogP contribution in [0.3, 0.4) is 0 Å². The quantitative estimate of drug-likeness (QED) is 0.0260. The molecule has 0 aromatic rings. The van der Waals surface area contributed by atoms with Crippen LogP contribution in [0.1, 0.15) is 194 Å². The molecule has 0 saturated carbocycles. The van der Waals surface area contributed by atoms with Crippen molar-refractivity contribution in [2.24, 2.45) is 0 Å². The van der Waals surface area contributed by atoms with Gasteiger partial charge in [0.1, 0.15) is 12.6 Å². The van der Waals surface area contributed by atoms with E-state index in [1.165, 1.54) is 96.3 Å². The third-order valence-corrected chi connectivity index (χ3v) is 10.6. The SMILES string of the molecule is CC/C=C/C/C=C/C/C=C/C/C=C/C/C=C/CCCC(=O)OC(COCCC(C(=O)[O-])[N+](C)(C)C)COC(=O)CCCCCCCCC/C=C/CCCCCCCCCCC. The van der Waals surface area contributed by atoms with Crippen molar-refractivity contribution >= 4 is 17.9 Å². The zero-order valence-corrected chi connectivity index (χ0v) is 39.8. The molecule has 0 fully saturated rings. The van der Waals surface area contributed by atoms with Gasteiger partial charge >= 0.3 is 11.9 Å². The van der Waals surface area contributed by atoms with Crippen LogP contribution in [0.15, 0.2) is 72.9 Å². The van der Waals surface area contributed by atoms with Gasteiger partial charge in [-0.15, -0.1) is 0 Å². The van der Waals surface area contributed by atoms with Crippen molar-refractivity contribution in [3.8, 4) is 0 Å². The number of allylic oxidation sites excluding steroid dienone is 12. The minimum Gasteiger partial charge on any atom is -0.544 e. The number of aliphatic carboxylic acids is 1. The Morgan fingerprint density at radius 3 is 1.43 bits per heavy atom. The van der Waals surface area contributed by atoms with Crippen LogP contribution in [0.25, 0.3) is 0 Å². The molecule has 0 aromatic carbocycles. The maximum atomic E-state index is 12.7. The van der Waals surface area contributed by atoms with Gasteiger partial charge < -0.3 is 28.6 Å². The zero-order chi connectivity index (χ0) is 44.9. The van der Waals surface area contributed by atoms with E-state index in [1.54, 1.807) is 21.1 Å². The molecule has 61 heavy (non-hydrogen) atoms. The predicted octanol–water partition coefficient (Wildman–Crippen LogP) is 12.6. The number of carbonyl (C=O) groups is 3. The lowest BCUT2D eigenvalue weighted by Gasteiger charge is -2.34. The highest BCUT2D eigenvalue weighted by Gasteiger charge is 2.25. The minimum atomic E-state index is -1.14. The van der Waals surface area contributed by atoms with Crippen LogP contribution in [0.5, 0.6) is 0 Å². The molecule has 0 aliphatic rings. The molecular weight excluding hydrogens is 763 g/mol. The molecule has 8 nitrogen and oxygen atoms in total. The van der Waals surface area contributed by atoms with Gasteiger partial charge in [0.05, 0.1) is 40.3 Å². The minimum absolute atomic E-state index is 0.0137. The van der Waals surface area contributed by atoms with E-state index in [-0.39, 0.29) is 49.1 Å². The summed E-state index contributed by atoms with van der Waals surface area (Å²) in [6, 6.07) is -0.740. The number of likely N-dealkylation sites (N-methyl/N-ethyl adjacent to an activating group) is 1. The van der Waals surface area contributed by atoms with Crippen molar-refractivity contribution in [3.63, 3.8) is 0 Å². The van der Waals surface area contributed by atoms with Crippen LogP contribution in [0, 0.1) is 0 Å². The Labute approximate surface area is 374 Å². The number of carboxylic acid groups (broad SMARTS) is 1. The summed E-state index contributed by atoms with van der Waals surface area (Å²) in [5, 5.41) is 11.6. The van der Waals surface area contributed by atoms with Crippen LogP contribution in [-0.4, -0.2) is 75.5 Å². The highest BCUT2D eigenvalue weighted by molar-refractivity contribution is 5.70. The molecule has 0 amide bonds. The number of hydrogen-bond donors (Lipinski definition) is 0. The Morgan fingerprint density at radius 2 is 0.934 bits per heavy atom. The number of carboxylic acids is 1. The van der Waals surface area contributed by atoms with Gasteiger partial charge in [0.25, 0.3) is 0 Å². The van der Waals surface area contributed by atoms with Crippen molar-refractivity contribution in [2.75, 3.05) is 41.0 Å². The van der Waals surface area contributed by atoms with E-state index in [4.69, 9.17) is 14.2 Å². The van der Waals surface area contributed by atoms with Crippen LogP contribution in [-0.2, 0) is 28.6 Å². The molecule has 0 radical (unpaired) electrons. The standard InChI is InChI=1S/C53H91NO7/c1-6-8-10-12-14-16-18-20-22-24-25-26-28-29-31-33-35-37-39-41-43-51(55)60-48-49(47-59-46-45-50(53(57)58)54(3,4)5)61-52(56)44-42-40-38-36-34-32-30-27-23-21-19-17-15-13-11-9-7-2/h9,11,15,17,21,23,25-26,30,32,36,38,49-50H,6-8,10,12-14,16,18-20,22,24,27-29,31,33-35,37,39-48H2,1-5H3/b11-9+,17-15+,23-21+,26-25+,32-30+,38-36+. The number of quaternary nitrogens is 1. The lowest BCUT2D eigenvalue weighted by Crippen LogP contribution is -2.55. The maximum Gasteiger partial charge on any atom is 0.306 e. The number of nitrogens with zero attached hydrogens (tertiary/aromatic N) is 1. The zero-order valence-electron chi connectivity index (χ0n) is 39.8. The molecule has 0 aliphatic carbocycles. The van der Waals surface area contributed by atoms with Crippen LogP contribution in [0.2, 0.25) is 0 Å². The molecule has 0 heterocycles. The average Bonchev–Trinajstić information content (AvgIpc) is 3.22. The smallest absolute Gasteiger partial charge is 0.306 e. The van der Waals surface area contributed by atoms with Gasteiger partial charge in [0.15, 0.2) is 6.10 Å². The van der Waals surface area contributed by atoms with Gasteiger partial charge in [-0.3, -0.25) is 9.59 Å². The topological polar surface area (TPSA) is 102 Å². The largest absolute Gasteiger partial charge is 0.544 e. The molecule has 2 atom stereocenters. The Balaban J connectivity index is 4.36. The Kier molecular flexibility index (Phi) is 41.1. The van der Waals surface area contributed by atoms with Crippen LogP contribution in [0.4, 0.5) is 0 Å². The fourth-order valence-electron chi connectivity index (χ4n) is 6.81. The van der Waals surface area contributed by atoms with Crippen LogP contribution >= 0.6 is 0 Å². The van der Waals surface area contributed by atoms with Gasteiger partial charge in [-0.2, -0.15) is 0 Å². The van der Waals surface area contributed by atoms with Crippen molar-refractivity contribution in [2.45, 2.75) is 206 Å². The maximum absolute atomic E-state index is 12.7. The number of hydrogen-bond acceptors (Lipinski definition) is 7. The van der Waals surface area contributed by atoms with E-state index in [9.17, 15) is 19.5 Å². The van der Waals surface area contributed by atoms with Gasteiger partial charge in [0, 0.05) is 19.3 Å². The summed E-state index contributed by atoms with van der Waals surface area (Å²) >= 11 is 0. The van der Waals surface area contributed by atoms with Gasteiger partial charge in [-0.1, -0.05) is 170 Å². The van der Waals surface area contributed by atoms with Gasteiger partial charge in [0.2, 0.25) is 0 Å². The van der Waals surface area contributed by atoms with E-state index in [1.807, 2.05) is 0 Å². The summed E-state index contributed by atoms with van der Waals surface area (Å²) in [5.74, 6) is -1.82. The van der Waals surface area contributed by atoms with Crippen molar-refractivity contribution in [1.82, 2.24) is 0 Å². The second kappa shape index (κ2) is 43.4. The van der Waals surface area contributed by atoms with Crippen molar-refractivity contribution in [1.29, 1.82) is 0 Å². The lowest BCUT2D eigenvalue weighted by molar-refractivity contribution is -0.889. The van der Waals surface area contributed by atoms with Gasteiger partial charge in [-0.05, 0) is 77.0 Å². The molecular formula is C53H91NO7. The Hall–Kier alpha value is -3.23. The highest BCUT2D eigenvalue weighted by Crippen LogP contribution is 2.14. The second-order valence-corrected chi connectivity index (χ2v) is 17.3. The second-order valence-electron chi connectivity index (χ2n) is 17.3.